The number of unbranched alkanes of at least 4 members (excludes halogenated alkanes) is 6. The molecule has 0 fully saturated rings. The lowest BCUT2D eigenvalue weighted by molar-refractivity contribution is -0.384. The van der Waals surface area contributed by atoms with Crippen molar-refractivity contribution in [3.8, 4) is 0 Å². The van der Waals surface area contributed by atoms with Crippen molar-refractivity contribution in [1.82, 2.24) is 5.32 Å². The SMILES string of the molecule is CCOC(=O)CC(c1ccc2c(c1)CNCC2)c1ccc(NCCCCCCCCCC(=O)O)c([N+](=O)[O-])c1C. The monoisotopic (exact) mass is 553 g/mol. The van der Waals surface area contributed by atoms with Crippen LogP contribution < -0.4 is 10.6 Å². The van der Waals surface area contributed by atoms with Crippen LogP contribution in [0.15, 0.2) is 30.3 Å². The van der Waals surface area contributed by atoms with Crippen LogP contribution in [0.3, 0.4) is 0 Å². The van der Waals surface area contributed by atoms with E-state index in [0.29, 0.717) is 17.8 Å². The standard InChI is InChI=1S/C31H43N3O6/c1-3-40-30(37)20-27(24-13-12-23-16-18-32-21-25(23)19-24)26-14-15-28(31(22(26)2)34(38)39)33-17-10-8-6-4-5-7-9-11-29(35)36/h12-15,19,27,32-33H,3-11,16-18,20-21H2,1-2H3,(H,35,36). The maximum atomic E-state index is 12.6. The first-order chi connectivity index (χ1) is 19.3. The molecule has 2 aromatic rings. The number of nitro benzene ring substituents is 1. The summed E-state index contributed by atoms with van der Waals surface area (Å²) < 4.78 is 5.27. The molecule has 1 aliphatic rings. The molecule has 1 atom stereocenters. The number of fused-ring (bicyclic) bond motifs is 1. The van der Waals surface area contributed by atoms with E-state index in [0.717, 1.165) is 75.6 Å². The highest BCUT2D eigenvalue weighted by molar-refractivity contribution is 5.73. The summed E-state index contributed by atoms with van der Waals surface area (Å²) in [5.41, 5.74) is 5.30. The molecule has 1 heterocycles. The Morgan fingerprint density at radius 2 is 1.80 bits per heavy atom. The lowest BCUT2D eigenvalue weighted by Crippen LogP contribution is -2.24. The minimum absolute atomic E-state index is 0.0458. The van der Waals surface area contributed by atoms with E-state index >= 15 is 0 Å². The van der Waals surface area contributed by atoms with E-state index in [1.165, 1.54) is 11.1 Å². The fourth-order valence-electron chi connectivity index (χ4n) is 5.49. The molecule has 0 bridgehead atoms. The molecule has 9 nitrogen and oxygen atoms in total. The summed E-state index contributed by atoms with van der Waals surface area (Å²) in [7, 11) is 0. The van der Waals surface area contributed by atoms with E-state index in [1.54, 1.807) is 19.9 Å². The van der Waals surface area contributed by atoms with E-state index in [9.17, 15) is 19.7 Å². The number of hydrogen-bond donors (Lipinski definition) is 3. The Labute approximate surface area is 236 Å². The molecule has 0 spiro atoms. The second-order valence-corrected chi connectivity index (χ2v) is 10.5. The van der Waals surface area contributed by atoms with Gasteiger partial charge in [-0.3, -0.25) is 19.7 Å². The molecule has 0 radical (unpaired) electrons. The number of carboxylic acid groups (broad SMARTS) is 1. The van der Waals surface area contributed by atoms with Crippen molar-refractivity contribution in [3.63, 3.8) is 0 Å². The van der Waals surface area contributed by atoms with E-state index in [-0.39, 0.29) is 41.9 Å². The third-order valence-corrected chi connectivity index (χ3v) is 7.61. The molecule has 0 saturated heterocycles. The van der Waals surface area contributed by atoms with Crippen molar-refractivity contribution in [2.45, 2.75) is 90.5 Å². The molecule has 1 unspecified atom stereocenters. The van der Waals surface area contributed by atoms with E-state index in [4.69, 9.17) is 9.84 Å². The molecule has 40 heavy (non-hydrogen) atoms. The number of benzene rings is 2. The summed E-state index contributed by atoms with van der Waals surface area (Å²) >= 11 is 0. The summed E-state index contributed by atoms with van der Waals surface area (Å²) in [4.78, 5) is 35.0. The van der Waals surface area contributed by atoms with Gasteiger partial charge in [0.05, 0.1) is 18.0 Å². The Morgan fingerprint density at radius 3 is 2.50 bits per heavy atom. The van der Waals surface area contributed by atoms with Crippen LogP contribution in [-0.4, -0.2) is 41.7 Å². The van der Waals surface area contributed by atoms with Crippen molar-refractivity contribution < 1.29 is 24.4 Å². The van der Waals surface area contributed by atoms with Gasteiger partial charge in [0.1, 0.15) is 5.69 Å². The van der Waals surface area contributed by atoms with Crippen LogP contribution in [0.25, 0.3) is 0 Å². The van der Waals surface area contributed by atoms with Gasteiger partial charge in [0.2, 0.25) is 0 Å². The topological polar surface area (TPSA) is 131 Å². The fourth-order valence-corrected chi connectivity index (χ4v) is 5.49. The molecule has 0 aliphatic carbocycles. The highest BCUT2D eigenvalue weighted by Crippen LogP contribution is 2.39. The van der Waals surface area contributed by atoms with Crippen LogP contribution in [0.4, 0.5) is 11.4 Å². The minimum atomic E-state index is -0.742. The van der Waals surface area contributed by atoms with Gasteiger partial charge in [0.25, 0.3) is 5.69 Å². The first-order valence-corrected chi connectivity index (χ1v) is 14.5. The van der Waals surface area contributed by atoms with Gasteiger partial charge in [0, 0.05) is 31.0 Å². The maximum absolute atomic E-state index is 12.6. The van der Waals surface area contributed by atoms with Crippen molar-refractivity contribution in [3.05, 3.63) is 68.3 Å². The number of carbonyl (C=O) groups is 2. The van der Waals surface area contributed by atoms with Gasteiger partial charge in [-0.2, -0.15) is 0 Å². The number of nitrogens with one attached hydrogen (secondary N) is 2. The summed E-state index contributed by atoms with van der Waals surface area (Å²) in [6.45, 7) is 6.15. The Balaban J connectivity index is 1.70. The van der Waals surface area contributed by atoms with Crippen LogP contribution in [0.2, 0.25) is 0 Å². The van der Waals surface area contributed by atoms with Gasteiger partial charge < -0.3 is 20.5 Å². The Kier molecular flexibility index (Phi) is 12.4. The van der Waals surface area contributed by atoms with Gasteiger partial charge in [0.15, 0.2) is 0 Å². The first kappa shape index (κ1) is 31.1. The Morgan fingerprint density at radius 1 is 1.07 bits per heavy atom. The molecular formula is C31H43N3O6. The highest BCUT2D eigenvalue weighted by Gasteiger charge is 2.28. The van der Waals surface area contributed by atoms with E-state index in [2.05, 4.69) is 22.8 Å². The maximum Gasteiger partial charge on any atom is 0.306 e. The molecule has 2 aromatic carbocycles. The van der Waals surface area contributed by atoms with Gasteiger partial charge >= 0.3 is 11.9 Å². The normalized spacial score (nSPS) is 13.3. The smallest absolute Gasteiger partial charge is 0.306 e. The number of aliphatic carboxylic acids is 1. The molecule has 3 rings (SSSR count). The second-order valence-electron chi connectivity index (χ2n) is 10.5. The summed E-state index contributed by atoms with van der Waals surface area (Å²) in [6.07, 6.45) is 8.00. The molecule has 0 amide bonds. The number of nitrogens with zero attached hydrogens (tertiary/aromatic N) is 1. The van der Waals surface area contributed by atoms with Crippen LogP contribution in [0.1, 0.15) is 98.4 Å². The number of carbonyl (C=O) groups excluding carboxylic acids is 1. The molecule has 9 heteroatoms. The summed E-state index contributed by atoms with van der Waals surface area (Å²) in [5, 5.41) is 27.5. The lowest BCUT2D eigenvalue weighted by atomic mass is 9.83. The number of hydrogen-bond acceptors (Lipinski definition) is 7. The molecule has 3 N–H and O–H groups in total. The predicted octanol–water partition coefficient (Wildman–Crippen LogP) is 6.25. The third-order valence-electron chi connectivity index (χ3n) is 7.61. The number of ether oxygens (including phenoxy) is 1. The average Bonchev–Trinajstić information content (AvgIpc) is 2.92. The predicted molar refractivity (Wildman–Crippen MR) is 156 cm³/mol. The molecule has 1 aliphatic heterocycles. The highest BCUT2D eigenvalue weighted by atomic mass is 16.6. The number of anilines is 1. The van der Waals surface area contributed by atoms with Gasteiger partial charge in [-0.1, -0.05) is 56.4 Å². The Hall–Kier alpha value is -3.46. The number of rotatable bonds is 17. The average molecular weight is 554 g/mol. The third kappa shape index (κ3) is 9.05. The summed E-state index contributed by atoms with van der Waals surface area (Å²) in [6, 6.07) is 9.94. The molecule has 218 valence electrons. The van der Waals surface area contributed by atoms with Crippen LogP contribution >= 0.6 is 0 Å². The molecule has 0 saturated carbocycles. The lowest BCUT2D eigenvalue weighted by Gasteiger charge is -2.23. The van der Waals surface area contributed by atoms with Crippen molar-refractivity contribution in [1.29, 1.82) is 0 Å². The minimum Gasteiger partial charge on any atom is -0.481 e. The largest absolute Gasteiger partial charge is 0.481 e. The quantitative estimate of drug-likeness (QED) is 0.0907. The van der Waals surface area contributed by atoms with E-state index in [1.807, 2.05) is 12.1 Å². The molecule has 0 aromatic heterocycles. The van der Waals surface area contributed by atoms with E-state index < -0.39 is 5.97 Å². The first-order valence-electron chi connectivity index (χ1n) is 14.5. The van der Waals surface area contributed by atoms with Crippen molar-refractivity contribution in [2.75, 3.05) is 25.0 Å². The zero-order valence-corrected chi connectivity index (χ0v) is 23.8. The zero-order chi connectivity index (χ0) is 28.9. The van der Waals surface area contributed by atoms with Gasteiger partial charge in [-0.15, -0.1) is 0 Å². The van der Waals surface area contributed by atoms with Crippen molar-refractivity contribution in [2.24, 2.45) is 0 Å². The second kappa shape index (κ2) is 16.0. The van der Waals surface area contributed by atoms with Crippen LogP contribution in [0, 0.1) is 17.0 Å². The number of esters is 1. The zero-order valence-electron chi connectivity index (χ0n) is 23.8. The van der Waals surface area contributed by atoms with Crippen molar-refractivity contribution >= 4 is 23.3 Å². The molecular weight excluding hydrogens is 510 g/mol. The summed E-state index contributed by atoms with van der Waals surface area (Å²) in [5.74, 6) is -1.42. The van der Waals surface area contributed by atoms with Crippen LogP contribution in [-0.2, 0) is 27.3 Å². The van der Waals surface area contributed by atoms with Gasteiger partial charge in [-0.25, -0.2) is 0 Å². The number of carboxylic acids is 1. The van der Waals surface area contributed by atoms with Crippen LogP contribution in [0.5, 0.6) is 0 Å². The van der Waals surface area contributed by atoms with Gasteiger partial charge in [-0.05, 0) is 68.0 Å². The Bertz CT molecular complexity index is 1170. The fraction of sp³-hybridized carbons (Fsp3) is 0.548. The number of nitro groups is 1.